The van der Waals surface area contributed by atoms with Gasteiger partial charge in [-0.05, 0) is 31.1 Å². The first-order chi connectivity index (χ1) is 14.1. The topological polar surface area (TPSA) is 75.9 Å². The number of carbonyl (C=O) groups is 1. The van der Waals surface area contributed by atoms with E-state index in [-0.39, 0.29) is 17.6 Å². The molecule has 4 heterocycles. The highest BCUT2D eigenvalue weighted by molar-refractivity contribution is 8.26. The number of nitrogens with zero attached hydrogens (tertiary/aromatic N) is 3. The van der Waals surface area contributed by atoms with Gasteiger partial charge in [0.05, 0.1) is 16.6 Å². The molecule has 0 aromatic carbocycles. The van der Waals surface area contributed by atoms with Crippen molar-refractivity contribution in [2.75, 3.05) is 25.0 Å². The summed E-state index contributed by atoms with van der Waals surface area (Å²) in [4.78, 5) is 32.3. The average molecular weight is 429 g/mol. The number of amides is 1. The zero-order chi connectivity index (χ0) is 20.4. The van der Waals surface area contributed by atoms with Crippen LogP contribution < -0.4 is 10.9 Å². The van der Waals surface area contributed by atoms with E-state index >= 15 is 0 Å². The monoisotopic (exact) mass is 428 g/mol. The number of pyridine rings is 1. The molecule has 1 amide bonds. The molecule has 0 bridgehead atoms. The minimum atomic E-state index is -0.251. The molecule has 0 aliphatic carbocycles. The third kappa shape index (κ3) is 3.98. The van der Waals surface area contributed by atoms with Crippen LogP contribution in [0, 0.1) is 0 Å². The maximum Gasteiger partial charge on any atom is 0.267 e. The summed E-state index contributed by atoms with van der Waals surface area (Å²) in [6.45, 7) is 5.29. The number of anilines is 1. The van der Waals surface area contributed by atoms with Crippen LogP contribution in [0.3, 0.4) is 0 Å². The van der Waals surface area contributed by atoms with E-state index in [2.05, 4.69) is 16.9 Å². The highest BCUT2D eigenvalue weighted by Crippen LogP contribution is 2.33. The van der Waals surface area contributed by atoms with Gasteiger partial charge in [-0.15, -0.1) is 6.58 Å². The normalized spacial score (nSPS) is 20.8. The van der Waals surface area contributed by atoms with E-state index in [0.29, 0.717) is 39.3 Å². The van der Waals surface area contributed by atoms with Crippen molar-refractivity contribution in [1.82, 2.24) is 14.3 Å². The number of hydrogen-bond donors (Lipinski definition) is 1. The molecule has 1 N–H and O–H groups in total. The summed E-state index contributed by atoms with van der Waals surface area (Å²) in [6, 6.07) is 5.36. The highest BCUT2D eigenvalue weighted by atomic mass is 32.2. The Hall–Kier alpha value is -2.49. The Bertz CT molecular complexity index is 1070. The number of ether oxygens (including phenoxy) is 1. The fraction of sp³-hybridized carbons (Fsp3) is 0.300. The van der Waals surface area contributed by atoms with E-state index in [1.807, 2.05) is 6.07 Å². The van der Waals surface area contributed by atoms with Crippen LogP contribution in [0.5, 0.6) is 0 Å². The number of aromatic nitrogens is 2. The molecule has 2 aromatic rings. The predicted molar refractivity (Wildman–Crippen MR) is 119 cm³/mol. The smallest absolute Gasteiger partial charge is 0.267 e. The third-order valence-electron chi connectivity index (χ3n) is 4.75. The third-order valence-corrected chi connectivity index (χ3v) is 6.13. The minimum Gasteiger partial charge on any atom is -0.376 e. The van der Waals surface area contributed by atoms with Crippen LogP contribution in [-0.4, -0.2) is 50.3 Å². The fourth-order valence-corrected chi connectivity index (χ4v) is 4.56. The first-order valence-corrected chi connectivity index (χ1v) is 10.5. The first-order valence-electron chi connectivity index (χ1n) is 9.31. The Morgan fingerprint density at radius 1 is 1.41 bits per heavy atom. The Kier molecular flexibility index (Phi) is 5.79. The van der Waals surface area contributed by atoms with Crippen LogP contribution >= 0.6 is 24.0 Å². The highest BCUT2D eigenvalue weighted by Gasteiger charge is 2.31. The van der Waals surface area contributed by atoms with Gasteiger partial charge >= 0.3 is 0 Å². The molecule has 0 saturated carbocycles. The number of hydrogen-bond acceptors (Lipinski definition) is 7. The largest absolute Gasteiger partial charge is 0.376 e. The average Bonchev–Trinajstić information content (AvgIpc) is 3.33. The Morgan fingerprint density at radius 3 is 3.03 bits per heavy atom. The molecule has 29 heavy (non-hydrogen) atoms. The lowest BCUT2D eigenvalue weighted by molar-refractivity contribution is -0.121. The zero-order valence-electron chi connectivity index (χ0n) is 15.7. The Morgan fingerprint density at radius 2 is 2.28 bits per heavy atom. The molecule has 4 rings (SSSR count). The molecule has 0 unspecified atom stereocenters. The molecule has 2 saturated heterocycles. The van der Waals surface area contributed by atoms with Gasteiger partial charge in [-0.2, -0.15) is 0 Å². The summed E-state index contributed by atoms with van der Waals surface area (Å²) in [5, 5.41) is 3.25. The van der Waals surface area contributed by atoms with Crippen molar-refractivity contribution in [3.05, 3.63) is 57.9 Å². The van der Waals surface area contributed by atoms with Crippen LogP contribution in [0.2, 0.25) is 0 Å². The fourth-order valence-electron chi connectivity index (χ4n) is 3.30. The number of nitrogens with one attached hydrogen (secondary N) is 1. The summed E-state index contributed by atoms with van der Waals surface area (Å²) in [6.07, 6.45) is 6.94. The van der Waals surface area contributed by atoms with Crippen molar-refractivity contribution in [2.45, 2.75) is 18.9 Å². The quantitative estimate of drug-likeness (QED) is 0.431. The minimum absolute atomic E-state index is 0.0877. The zero-order valence-corrected chi connectivity index (χ0v) is 17.3. The molecule has 0 radical (unpaired) electrons. The van der Waals surface area contributed by atoms with Gasteiger partial charge in [-0.1, -0.05) is 36.1 Å². The van der Waals surface area contributed by atoms with Crippen molar-refractivity contribution in [2.24, 2.45) is 0 Å². The lowest BCUT2D eigenvalue weighted by Crippen LogP contribution is -2.28. The second kappa shape index (κ2) is 8.48. The Labute approximate surface area is 177 Å². The maximum atomic E-state index is 13.2. The molecule has 150 valence electrons. The predicted octanol–water partition coefficient (Wildman–Crippen LogP) is 2.67. The molecule has 2 aliphatic rings. The summed E-state index contributed by atoms with van der Waals surface area (Å²) in [7, 11) is 0. The van der Waals surface area contributed by atoms with Crippen LogP contribution in [0.1, 0.15) is 18.4 Å². The number of thioether (sulfide) groups is 1. The number of thiocarbonyl (C=S) groups is 1. The molecule has 1 atom stereocenters. The van der Waals surface area contributed by atoms with Crippen LogP contribution in [0.4, 0.5) is 5.82 Å². The molecule has 9 heteroatoms. The summed E-state index contributed by atoms with van der Waals surface area (Å²) < 4.78 is 7.57. The van der Waals surface area contributed by atoms with Crippen LogP contribution in [0.25, 0.3) is 11.7 Å². The van der Waals surface area contributed by atoms with Gasteiger partial charge in [-0.3, -0.25) is 18.9 Å². The number of fused-ring (bicyclic) bond motifs is 1. The maximum absolute atomic E-state index is 13.2. The molecular formula is C20H20N4O3S2. The lowest BCUT2D eigenvalue weighted by atomic mass is 10.2. The van der Waals surface area contributed by atoms with Crippen molar-refractivity contribution >= 4 is 51.7 Å². The second-order valence-corrected chi connectivity index (χ2v) is 8.38. The van der Waals surface area contributed by atoms with E-state index in [9.17, 15) is 9.59 Å². The van der Waals surface area contributed by atoms with Crippen molar-refractivity contribution in [3.8, 4) is 0 Å². The first kappa shape index (κ1) is 19.8. The van der Waals surface area contributed by atoms with Crippen molar-refractivity contribution < 1.29 is 9.53 Å². The summed E-state index contributed by atoms with van der Waals surface area (Å²) in [5.74, 6) is 0.202. The van der Waals surface area contributed by atoms with E-state index in [4.69, 9.17) is 17.0 Å². The molecular weight excluding hydrogens is 408 g/mol. The molecule has 2 aromatic heterocycles. The van der Waals surface area contributed by atoms with E-state index in [1.165, 1.54) is 21.1 Å². The summed E-state index contributed by atoms with van der Waals surface area (Å²) >= 11 is 6.47. The number of carbonyl (C=O) groups excluding carboxylic acids is 1. The van der Waals surface area contributed by atoms with Gasteiger partial charge in [0, 0.05) is 25.9 Å². The van der Waals surface area contributed by atoms with Gasteiger partial charge < -0.3 is 10.1 Å². The standard InChI is InChI=1S/C20H20N4O3S2/c1-2-8-24-19(26)15(29-20(24)28)11-14-17(21-12-13-6-5-10-27-13)22-16-7-3-4-9-23(16)18(14)25/h2-4,7,9,11,13,21H,1,5-6,8,10,12H2/b15-11-/t13-/m0/s1. The van der Waals surface area contributed by atoms with Crippen LogP contribution in [-0.2, 0) is 9.53 Å². The van der Waals surface area contributed by atoms with E-state index in [0.717, 1.165) is 19.4 Å². The second-order valence-electron chi connectivity index (χ2n) is 6.70. The van der Waals surface area contributed by atoms with Gasteiger partial charge in [0.2, 0.25) is 0 Å². The molecule has 2 fully saturated rings. The molecule has 0 spiro atoms. The van der Waals surface area contributed by atoms with Gasteiger partial charge in [-0.25, -0.2) is 4.98 Å². The van der Waals surface area contributed by atoms with Gasteiger partial charge in [0.1, 0.15) is 15.8 Å². The number of rotatable bonds is 6. The van der Waals surface area contributed by atoms with E-state index in [1.54, 1.807) is 30.5 Å². The molecule has 2 aliphatic heterocycles. The van der Waals surface area contributed by atoms with Crippen molar-refractivity contribution in [3.63, 3.8) is 0 Å². The SMILES string of the molecule is C=CCN1C(=O)/C(=C/c2c(NC[C@@H]3CCCO3)nc3ccccn3c2=O)SC1=S. The molecule has 7 nitrogen and oxygen atoms in total. The Balaban J connectivity index is 1.75. The van der Waals surface area contributed by atoms with Gasteiger partial charge in [0.15, 0.2) is 0 Å². The lowest BCUT2D eigenvalue weighted by Gasteiger charge is -2.14. The van der Waals surface area contributed by atoms with Crippen molar-refractivity contribution in [1.29, 1.82) is 0 Å². The van der Waals surface area contributed by atoms with E-state index < -0.39 is 0 Å². The van der Waals surface area contributed by atoms with Gasteiger partial charge in [0.25, 0.3) is 11.5 Å². The summed E-state index contributed by atoms with van der Waals surface area (Å²) in [5.41, 5.74) is 0.605. The van der Waals surface area contributed by atoms with Crippen LogP contribution in [0.15, 0.2) is 46.8 Å².